The largest absolute Gasteiger partial charge is 0.476 e. The van der Waals surface area contributed by atoms with Crippen molar-refractivity contribution in [1.82, 2.24) is 0 Å². The second-order valence-corrected chi connectivity index (χ2v) is 5.62. The van der Waals surface area contributed by atoms with E-state index < -0.39 is 9.84 Å². The molecule has 0 bridgehead atoms. The molecule has 0 atom stereocenters. The third-order valence-electron chi connectivity index (χ3n) is 1.61. The topological polar surface area (TPSA) is 43.4 Å². The predicted molar refractivity (Wildman–Crippen MR) is 51.8 cm³/mol. The Hall–Kier alpha value is -0.300. The summed E-state index contributed by atoms with van der Waals surface area (Å²) in [6, 6.07) is 5.13. The first-order valence-electron chi connectivity index (χ1n) is 3.25. The molecule has 0 spiro atoms. The van der Waals surface area contributed by atoms with Crippen molar-refractivity contribution in [2.24, 2.45) is 0 Å². The summed E-state index contributed by atoms with van der Waals surface area (Å²) < 4.78 is 28.4. The molecule has 5 heteroatoms. The van der Waals surface area contributed by atoms with Crippen molar-refractivity contribution in [3.05, 3.63) is 21.8 Å². The zero-order valence-electron chi connectivity index (χ0n) is 5.95. The van der Waals surface area contributed by atoms with E-state index in [0.29, 0.717) is 10.6 Å². The smallest absolute Gasteiger partial charge is 0.216 e. The Bertz CT molecular complexity index is 424. The second-order valence-electron chi connectivity index (χ2n) is 2.47. The van der Waals surface area contributed by atoms with E-state index in [1.807, 2.05) is 6.07 Å². The van der Waals surface area contributed by atoms with E-state index in [0.717, 1.165) is 3.57 Å². The first-order valence-corrected chi connectivity index (χ1v) is 5.98. The van der Waals surface area contributed by atoms with Gasteiger partial charge < -0.3 is 4.74 Å². The highest BCUT2D eigenvalue weighted by atomic mass is 127. The van der Waals surface area contributed by atoms with Crippen LogP contribution in [0.15, 0.2) is 23.1 Å². The molecule has 0 saturated heterocycles. The number of fused-ring (bicyclic) bond motifs is 1. The van der Waals surface area contributed by atoms with Gasteiger partial charge in [0, 0.05) is 3.57 Å². The molecule has 12 heavy (non-hydrogen) atoms. The molecule has 1 heterocycles. The van der Waals surface area contributed by atoms with E-state index in [-0.39, 0.29) is 5.94 Å². The van der Waals surface area contributed by atoms with Gasteiger partial charge in [0.25, 0.3) is 0 Å². The maximum absolute atomic E-state index is 11.3. The van der Waals surface area contributed by atoms with Gasteiger partial charge in [-0.3, -0.25) is 0 Å². The third kappa shape index (κ3) is 1.20. The number of ether oxygens (including phenoxy) is 1. The van der Waals surface area contributed by atoms with Crippen LogP contribution in [0.3, 0.4) is 0 Å². The lowest BCUT2D eigenvalue weighted by molar-refractivity contribution is 0.389. The molecule has 0 saturated carbocycles. The minimum absolute atomic E-state index is 0.220. The molecule has 0 N–H and O–H groups in total. The van der Waals surface area contributed by atoms with Crippen molar-refractivity contribution >= 4 is 32.4 Å². The molecule has 0 amide bonds. The Kier molecular flexibility index (Phi) is 1.80. The Morgan fingerprint density at radius 2 is 2.17 bits per heavy atom. The SMILES string of the molecule is O=S1(=O)COc2ccc(I)cc21. The van der Waals surface area contributed by atoms with E-state index in [9.17, 15) is 8.42 Å². The zero-order valence-corrected chi connectivity index (χ0v) is 8.92. The lowest BCUT2D eigenvalue weighted by Crippen LogP contribution is -2.01. The van der Waals surface area contributed by atoms with Gasteiger partial charge in [-0.1, -0.05) is 0 Å². The number of rotatable bonds is 0. The average molecular weight is 296 g/mol. The van der Waals surface area contributed by atoms with Crippen molar-refractivity contribution in [1.29, 1.82) is 0 Å². The summed E-state index contributed by atoms with van der Waals surface area (Å²) in [5.41, 5.74) is 0. The normalized spacial score (nSPS) is 18.4. The first-order chi connectivity index (χ1) is 5.59. The van der Waals surface area contributed by atoms with Gasteiger partial charge in [-0.15, -0.1) is 0 Å². The van der Waals surface area contributed by atoms with E-state index in [1.54, 1.807) is 12.1 Å². The van der Waals surface area contributed by atoms with Crippen molar-refractivity contribution in [3.63, 3.8) is 0 Å². The lowest BCUT2D eigenvalue weighted by atomic mass is 10.3. The first kappa shape index (κ1) is 8.31. The molecule has 0 aliphatic carbocycles. The van der Waals surface area contributed by atoms with Crippen LogP contribution in [0.1, 0.15) is 0 Å². The van der Waals surface area contributed by atoms with Gasteiger partial charge >= 0.3 is 0 Å². The zero-order chi connectivity index (χ0) is 8.77. The maximum atomic E-state index is 11.3. The van der Waals surface area contributed by atoms with Crippen molar-refractivity contribution in [3.8, 4) is 5.75 Å². The Morgan fingerprint density at radius 1 is 1.42 bits per heavy atom. The Balaban J connectivity index is 2.73. The Labute approximate surface area is 83.8 Å². The van der Waals surface area contributed by atoms with Crippen molar-refractivity contribution in [2.75, 3.05) is 5.94 Å². The highest BCUT2D eigenvalue weighted by Gasteiger charge is 2.27. The van der Waals surface area contributed by atoms with E-state index >= 15 is 0 Å². The van der Waals surface area contributed by atoms with Gasteiger partial charge in [0.05, 0.1) is 0 Å². The molecule has 0 radical (unpaired) electrons. The second kappa shape index (κ2) is 2.59. The Morgan fingerprint density at radius 3 is 2.92 bits per heavy atom. The quantitative estimate of drug-likeness (QED) is 0.680. The van der Waals surface area contributed by atoms with Crippen LogP contribution in [0.2, 0.25) is 0 Å². The van der Waals surface area contributed by atoms with Gasteiger partial charge in [-0.25, -0.2) is 8.42 Å². The average Bonchev–Trinajstić information content (AvgIpc) is 2.28. The fraction of sp³-hybridized carbons (Fsp3) is 0.143. The van der Waals surface area contributed by atoms with Crippen LogP contribution in [-0.4, -0.2) is 14.4 Å². The van der Waals surface area contributed by atoms with Gasteiger partial charge in [-0.2, -0.15) is 0 Å². The minimum atomic E-state index is -3.16. The number of sulfone groups is 1. The molecule has 1 aromatic rings. The third-order valence-corrected chi connectivity index (χ3v) is 3.70. The summed E-state index contributed by atoms with van der Waals surface area (Å²) in [7, 11) is -3.16. The minimum Gasteiger partial charge on any atom is -0.476 e. The summed E-state index contributed by atoms with van der Waals surface area (Å²) in [4.78, 5) is 0.314. The number of hydrogen-bond acceptors (Lipinski definition) is 3. The molecule has 3 nitrogen and oxygen atoms in total. The molecular weight excluding hydrogens is 291 g/mol. The fourth-order valence-electron chi connectivity index (χ4n) is 1.05. The van der Waals surface area contributed by atoms with Crippen LogP contribution in [0, 0.1) is 3.57 Å². The molecule has 1 aromatic carbocycles. The molecule has 64 valence electrons. The fourth-order valence-corrected chi connectivity index (χ4v) is 2.90. The van der Waals surface area contributed by atoms with Gasteiger partial charge in [-0.05, 0) is 40.8 Å². The molecule has 2 rings (SSSR count). The van der Waals surface area contributed by atoms with Crippen molar-refractivity contribution < 1.29 is 13.2 Å². The van der Waals surface area contributed by atoms with Crippen LogP contribution in [0.4, 0.5) is 0 Å². The monoisotopic (exact) mass is 296 g/mol. The van der Waals surface area contributed by atoms with Crippen LogP contribution < -0.4 is 4.74 Å². The molecule has 0 fully saturated rings. The van der Waals surface area contributed by atoms with E-state index in [4.69, 9.17) is 4.74 Å². The molecular formula is C7H5IO3S. The summed E-state index contributed by atoms with van der Waals surface area (Å²) in [6.07, 6.45) is 0. The van der Waals surface area contributed by atoms with Crippen LogP contribution in [0.5, 0.6) is 5.75 Å². The number of benzene rings is 1. The van der Waals surface area contributed by atoms with Gasteiger partial charge in [0.1, 0.15) is 10.6 Å². The highest BCUT2D eigenvalue weighted by Crippen LogP contribution is 2.32. The molecule has 1 aliphatic rings. The maximum Gasteiger partial charge on any atom is 0.216 e. The van der Waals surface area contributed by atoms with Crippen LogP contribution in [0.25, 0.3) is 0 Å². The summed E-state index contributed by atoms with van der Waals surface area (Å²) in [5.74, 6) is 0.248. The summed E-state index contributed by atoms with van der Waals surface area (Å²) >= 11 is 2.07. The molecule has 0 unspecified atom stereocenters. The summed E-state index contributed by atoms with van der Waals surface area (Å²) in [5, 5.41) is 0. The van der Waals surface area contributed by atoms with Crippen LogP contribution >= 0.6 is 22.6 Å². The molecule has 0 aromatic heterocycles. The standard InChI is InChI=1S/C7H5IO3S/c8-5-1-2-6-7(3-5)12(9,10)4-11-6/h1-3H,4H2. The highest BCUT2D eigenvalue weighted by molar-refractivity contribution is 14.1. The van der Waals surface area contributed by atoms with E-state index in [2.05, 4.69) is 22.6 Å². The predicted octanol–water partition coefficient (Wildman–Crippen LogP) is 1.41. The lowest BCUT2D eigenvalue weighted by Gasteiger charge is -1.94. The molecule has 1 aliphatic heterocycles. The number of halogens is 1. The van der Waals surface area contributed by atoms with Crippen molar-refractivity contribution in [2.45, 2.75) is 4.90 Å². The van der Waals surface area contributed by atoms with Gasteiger partial charge in [0.15, 0.2) is 5.94 Å². The van der Waals surface area contributed by atoms with Gasteiger partial charge in [0.2, 0.25) is 9.84 Å². The van der Waals surface area contributed by atoms with E-state index in [1.165, 1.54) is 0 Å². The van der Waals surface area contributed by atoms with Crippen LogP contribution in [-0.2, 0) is 9.84 Å². The summed E-state index contributed by atoms with van der Waals surface area (Å²) in [6.45, 7) is 0. The number of hydrogen-bond donors (Lipinski definition) is 0.